The molecular weight excluding hydrogens is 352 g/mol. The third kappa shape index (κ3) is 2.31. The molecule has 7 heteroatoms. The highest BCUT2D eigenvalue weighted by Gasteiger charge is 2.24. The summed E-state index contributed by atoms with van der Waals surface area (Å²) in [6, 6.07) is 10.4. The van der Waals surface area contributed by atoms with Crippen molar-refractivity contribution in [2.75, 3.05) is 0 Å². The summed E-state index contributed by atoms with van der Waals surface area (Å²) in [7, 11) is 0. The average Bonchev–Trinajstić information content (AvgIpc) is 3.11. The average molecular weight is 361 g/mol. The van der Waals surface area contributed by atoms with E-state index in [0.717, 1.165) is 0 Å². The second-order valence-electron chi connectivity index (χ2n) is 5.17. The quantitative estimate of drug-likeness (QED) is 0.542. The second-order valence-corrected chi connectivity index (χ2v) is 6.89. The lowest BCUT2D eigenvalue weighted by Gasteiger charge is -1.97. The number of carbonyl (C=O) groups is 1. The molecule has 4 aromatic rings. The van der Waals surface area contributed by atoms with E-state index >= 15 is 0 Å². The van der Waals surface area contributed by atoms with Crippen LogP contribution in [0.3, 0.4) is 0 Å². The Morgan fingerprint density at radius 1 is 1.17 bits per heavy atom. The number of thiophene rings is 1. The Kier molecular flexibility index (Phi) is 3.44. The van der Waals surface area contributed by atoms with Crippen molar-refractivity contribution in [2.45, 2.75) is 6.42 Å². The number of para-hydroxylation sites is 1. The summed E-state index contributed by atoms with van der Waals surface area (Å²) in [6.07, 6.45) is -0.346. The van der Waals surface area contributed by atoms with E-state index in [-0.39, 0.29) is 11.8 Å². The van der Waals surface area contributed by atoms with E-state index in [0.29, 0.717) is 37.1 Å². The van der Waals surface area contributed by atoms with Crippen molar-refractivity contribution in [1.29, 1.82) is 0 Å². The molecule has 0 spiro atoms. The largest absolute Gasteiger partial charge is 0.481 e. The van der Waals surface area contributed by atoms with Gasteiger partial charge in [-0.25, -0.2) is 4.79 Å². The van der Waals surface area contributed by atoms with E-state index in [9.17, 15) is 14.7 Å². The van der Waals surface area contributed by atoms with Crippen LogP contribution in [0, 0.1) is 0 Å². The molecule has 0 radical (unpaired) electrons. The zero-order valence-corrected chi connectivity index (χ0v) is 13.6. The van der Waals surface area contributed by atoms with Gasteiger partial charge in [0.1, 0.15) is 16.7 Å². The molecule has 0 aliphatic rings. The Morgan fingerprint density at radius 2 is 1.96 bits per heavy atom. The smallest absolute Gasteiger partial charge is 0.347 e. The second kappa shape index (κ2) is 5.51. The van der Waals surface area contributed by atoms with Crippen LogP contribution < -0.4 is 5.63 Å². The number of fused-ring (bicyclic) bond motifs is 3. The highest BCUT2D eigenvalue weighted by molar-refractivity contribution is 7.19. The van der Waals surface area contributed by atoms with Gasteiger partial charge in [0, 0.05) is 5.56 Å². The van der Waals surface area contributed by atoms with Crippen molar-refractivity contribution in [3.8, 4) is 10.6 Å². The van der Waals surface area contributed by atoms with Crippen LogP contribution in [-0.4, -0.2) is 11.1 Å². The lowest BCUT2D eigenvalue weighted by molar-refractivity contribution is -0.136. The maximum absolute atomic E-state index is 12.4. The molecular formula is C17H9ClO5S. The minimum atomic E-state index is -1.06. The molecule has 0 saturated carbocycles. The molecule has 1 N–H and O–H groups in total. The Morgan fingerprint density at radius 3 is 2.67 bits per heavy atom. The third-order valence-electron chi connectivity index (χ3n) is 3.67. The van der Waals surface area contributed by atoms with Crippen molar-refractivity contribution < 1.29 is 18.7 Å². The highest BCUT2D eigenvalue weighted by Crippen LogP contribution is 2.39. The number of carboxylic acids is 1. The molecule has 0 atom stereocenters. The van der Waals surface area contributed by atoms with E-state index in [4.69, 9.17) is 20.4 Å². The molecule has 0 bridgehead atoms. The van der Waals surface area contributed by atoms with E-state index in [1.807, 2.05) is 0 Å². The lowest BCUT2D eigenvalue weighted by atomic mass is 10.1. The van der Waals surface area contributed by atoms with Crippen molar-refractivity contribution in [2.24, 2.45) is 0 Å². The fourth-order valence-electron chi connectivity index (χ4n) is 2.72. The molecule has 120 valence electrons. The molecule has 0 aliphatic carbocycles. The summed E-state index contributed by atoms with van der Waals surface area (Å²) in [6.45, 7) is 0. The molecule has 0 saturated heterocycles. The highest BCUT2D eigenvalue weighted by atomic mass is 35.5. The van der Waals surface area contributed by atoms with Gasteiger partial charge in [-0.05, 0) is 24.3 Å². The van der Waals surface area contributed by atoms with Crippen LogP contribution in [0.4, 0.5) is 0 Å². The zero-order chi connectivity index (χ0) is 16.8. The lowest BCUT2D eigenvalue weighted by Crippen LogP contribution is -2.05. The first-order chi connectivity index (χ1) is 11.5. The van der Waals surface area contributed by atoms with Crippen LogP contribution in [0.2, 0.25) is 4.34 Å². The molecule has 3 heterocycles. The van der Waals surface area contributed by atoms with Gasteiger partial charge in [-0.1, -0.05) is 23.7 Å². The summed E-state index contributed by atoms with van der Waals surface area (Å²) in [4.78, 5) is 24.3. The van der Waals surface area contributed by atoms with Crippen LogP contribution in [0.5, 0.6) is 0 Å². The van der Waals surface area contributed by atoms with Crippen LogP contribution in [-0.2, 0) is 11.2 Å². The normalized spacial score (nSPS) is 11.4. The number of carboxylic acid groups (broad SMARTS) is 1. The van der Waals surface area contributed by atoms with Crippen molar-refractivity contribution in [3.63, 3.8) is 0 Å². The first kappa shape index (κ1) is 15.0. The maximum atomic E-state index is 12.4. The topological polar surface area (TPSA) is 80.6 Å². The first-order valence-electron chi connectivity index (χ1n) is 6.99. The van der Waals surface area contributed by atoms with Gasteiger partial charge in [0.25, 0.3) is 0 Å². The fraction of sp³-hybridized carbons (Fsp3) is 0.0588. The van der Waals surface area contributed by atoms with Gasteiger partial charge in [0.05, 0.1) is 21.0 Å². The molecule has 0 aliphatic heterocycles. The standard InChI is InChI=1S/C17H9ClO5S/c18-12-6-5-11(24-12)15-9(7-13(19)20)14-16(23-15)8-3-1-2-4-10(8)22-17(14)21/h1-6H,7H2,(H,19,20). The molecule has 0 fully saturated rings. The van der Waals surface area contributed by atoms with Crippen LogP contribution in [0.15, 0.2) is 50.0 Å². The predicted octanol–water partition coefficient (Wildman–Crippen LogP) is 4.55. The van der Waals surface area contributed by atoms with Crippen LogP contribution >= 0.6 is 22.9 Å². The zero-order valence-electron chi connectivity index (χ0n) is 12.0. The monoisotopic (exact) mass is 360 g/mol. The Bertz CT molecular complexity index is 1150. The maximum Gasteiger partial charge on any atom is 0.347 e. The van der Waals surface area contributed by atoms with Crippen molar-refractivity contribution >= 4 is 50.8 Å². The van der Waals surface area contributed by atoms with Gasteiger partial charge in [-0.2, -0.15) is 0 Å². The van der Waals surface area contributed by atoms with Crippen molar-refractivity contribution in [1.82, 2.24) is 0 Å². The number of benzene rings is 1. The van der Waals surface area contributed by atoms with E-state index < -0.39 is 11.6 Å². The molecule has 0 amide bonds. The van der Waals surface area contributed by atoms with Gasteiger partial charge in [-0.15, -0.1) is 11.3 Å². The fourth-order valence-corrected chi connectivity index (χ4v) is 3.77. The van der Waals surface area contributed by atoms with Crippen LogP contribution in [0.25, 0.3) is 32.6 Å². The van der Waals surface area contributed by atoms with Gasteiger partial charge < -0.3 is 13.9 Å². The number of furan rings is 1. The van der Waals surface area contributed by atoms with Crippen molar-refractivity contribution in [3.05, 3.63) is 56.7 Å². The first-order valence-corrected chi connectivity index (χ1v) is 8.19. The summed E-state index contributed by atoms with van der Waals surface area (Å²) >= 11 is 7.23. The summed E-state index contributed by atoms with van der Waals surface area (Å²) in [5.74, 6) is -0.720. The Hall–Kier alpha value is -2.57. The third-order valence-corrected chi connectivity index (χ3v) is 4.90. The molecule has 24 heavy (non-hydrogen) atoms. The Labute approximate surface area is 143 Å². The van der Waals surface area contributed by atoms with Gasteiger partial charge in [0.2, 0.25) is 0 Å². The predicted molar refractivity (Wildman–Crippen MR) is 91.9 cm³/mol. The molecule has 4 rings (SSSR count). The van der Waals surface area contributed by atoms with Gasteiger partial charge >= 0.3 is 11.6 Å². The van der Waals surface area contributed by atoms with E-state index in [1.54, 1.807) is 36.4 Å². The number of hydrogen-bond donors (Lipinski definition) is 1. The Balaban J connectivity index is 2.15. The van der Waals surface area contributed by atoms with Gasteiger partial charge in [0.15, 0.2) is 5.58 Å². The number of rotatable bonds is 3. The summed E-state index contributed by atoms with van der Waals surface area (Å²) in [5, 5.41) is 10.0. The van der Waals surface area contributed by atoms with Crippen LogP contribution in [0.1, 0.15) is 5.56 Å². The minimum absolute atomic E-state index is 0.163. The molecule has 5 nitrogen and oxygen atoms in total. The van der Waals surface area contributed by atoms with E-state index in [2.05, 4.69) is 0 Å². The molecule has 0 unspecified atom stereocenters. The molecule has 1 aromatic carbocycles. The SMILES string of the molecule is O=C(O)Cc1c(-c2ccc(Cl)s2)oc2c1c(=O)oc1ccccc12. The summed E-state index contributed by atoms with van der Waals surface area (Å²) < 4.78 is 11.8. The number of aliphatic carboxylic acids is 1. The number of hydrogen-bond acceptors (Lipinski definition) is 5. The van der Waals surface area contributed by atoms with Gasteiger partial charge in [-0.3, -0.25) is 4.79 Å². The number of halogens is 1. The van der Waals surface area contributed by atoms with E-state index in [1.165, 1.54) is 11.3 Å². The summed E-state index contributed by atoms with van der Waals surface area (Å²) in [5.41, 5.74) is 0.409. The minimum Gasteiger partial charge on any atom is -0.481 e. The molecule has 3 aromatic heterocycles.